The van der Waals surface area contributed by atoms with Crippen LogP contribution in [0.3, 0.4) is 0 Å². The number of piperazine rings is 1. The van der Waals surface area contributed by atoms with Crippen LogP contribution in [-0.4, -0.2) is 86.8 Å². The van der Waals surface area contributed by atoms with Gasteiger partial charge in [-0.15, -0.1) is 0 Å². The molecule has 1 aromatic rings. The van der Waals surface area contributed by atoms with E-state index in [1.54, 1.807) is 14.2 Å². The van der Waals surface area contributed by atoms with Gasteiger partial charge in [-0.2, -0.15) is 0 Å². The molecule has 0 atom stereocenters. The molecule has 2 aliphatic heterocycles. The summed E-state index contributed by atoms with van der Waals surface area (Å²) >= 11 is 0. The topological polar surface area (TPSA) is 57.3 Å². The molecule has 0 spiro atoms. The number of nitrogens with one attached hydrogen (secondary N) is 1. The van der Waals surface area contributed by atoms with E-state index in [2.05, 4.69) is 28.6 Å². The van der Waals surface area contributed by atoms with Crippen molar-refractivity contribution >= 4 is 6.03 Å². The monoisotopic (exact) mass is 416 g/mol. The fraction of sp³-hybridized carbons (Fsp3) is 0.609. The van der Waals surface area contributed by atoms with Gasteiger partial charge in [0, 0.05) is 64.0 Å². The molecule has 0 unspecified atom stereocenters. The summed E-state index contributed by atoms with van der Waals surface area (Å²) in [5.74, 6) is 1.70. The highest BCUT2D eigenvalue weighted by atomic mass is 16.5. The third kappa shape index (κ3) is 6.12. The molecule has 2 saturated heterocycles. The number of benzene rings is 1. The standard InChI is InChI=1S/C23H36N4O3/c1-18(2)16-25-9-7-20(8-10-25)24-23(28)27-13-11-26(12-14-27)17-19-15-21(29-3)5-6-22(19)30-4/h5-6,15,20H,1,7-14,16-17H2,2-4H3,(H,24,28). The van der Waals surface area contributed by atoms with Crippen molar-refractivity contribution in [1.82, 2.24) is 20.0 Å². The molecule has 0 bridgehead atoms. The first kappa shape index (κ1) is 22.4. The Kier molecular flexibility index (Phi) is 7.99. The van der Waals surface area contributed by atoms with E-state index < -0.39 is 0 Å². The third-order valence-corrected chi connectivity index (χ3v) is 5.95. The Labute approximate surface area is 180 Å². The smallest absolute Gasteiger partial charge is 0.317 e. The molecule has 30 heavy (non-hydrogen) atoms. The predicted molar refractivity (Wildman–Crippen MR) is 119 cm³/mol. The minimum atomic E-state index is 0.0759. The fourth-order valence-electron chi connectivity index (χ4n) is 4.24. The Bertz CT molecular complexity index is 723. The van der Waals surface area contributed by atoms with Crippen LogP contribution in [0.4, 0.5) is 4.79 Å². The van der Waals surface area contributed by atoms with Gasteiger partial charge in [0.15, 0.2) is 0 Å². The van der Waals surface area contributed by atoms with Gasteiger partial charge in [0.25, 0.3) is 0 Å². The largest absolute Gasteiger partial charge is 0.497 e. The predicted octanol–water partition coefficient (Wildman–Crippen LogP) is 2.57. The van der Waals surface area contributed by atoms with Gasteiger partial charge in [0.05, 0.1) is 14.2 Å². The van der Waals surface area contributed by atoms with Gasteiger partial charge in [0.1, 0.15) is 11.5 Å². The lowest BCUT2D eigenvalue weighted by Gasteiger charge is -2.37. The molecule has 7 heteroatoms. The molecule has 0 aliphatic carbocycles. The molecule has 2 fully saturated rings. The van der Waals surface area contributed by atoms with Gasteiger partial charge in [-0.25, -0.2) is 4.79 Å². The number of rotatable bonds is 7. The second-order valence-electron chi connectivity index (χ2n) is 8.40. The summed E-state index contributed by atoms with van der Waals surface area (Å²) in [5, 5.41) is 3.24. The summed E-state index contributed by atoms with van der Waals surface area (Å²) < 4.78 is 10.8. The van der Waals surface area contributed by atoms with Crippen LogP contribution < -0.4 is 14.8 Å². The van der Waals surface area contributed by atoms with Gasteiger partial charge in [0.2, 0.25) is 0 Å². The van der Waals surface area contributed by atoms with E-state index in [0.717, 1.165) is 82.3 Å². The molecule has 0 saturated carbocycles. The summed E-state index contributed by atoms with van der Waals surface area (Å²) in [6, 6.07) is 6.23. The molecule has 1 N–H and O–H groups in total. The average molecular weight is 417 g/mol. The first-order valence-electron chi connectivity index (χ1n) is 10.8. The van der Waals surface area contributed by atoms with Crippen molar-refractivity contribution in [3.63, 3.8) is 0 Å². The maximum Gasteiger partial charge on any atom is 0.317 e. The van der Waals surface area contributed by atoms with E-state index >= 15 is 0 Å². The normalized spacial score (nSPS) is 18.8. The van der Waals surface area contributed by atoms with Crippen LogP contribution in [-0.2, 0) is 6.54 Å². The van der Waals surface area contributed by atoms with Crippen LogP contribution in [0.15, 0.2) is 30.4 Å². The first-order valence-corrected chi connectivity index (χ1v) is 10.8. The minimum absolute atomic E-state index is 0.0759. The highest BCUT2D eigenvalue weighted by Crippen LogP contribution is 2.25. The zero-order valence-electron chi connectivity index (χ0n) is 18.7. The SMILES string of the molecule is C=C(C)CN1CCC(NC(=O)N2CCN(Cc3cc(OC)ccc3OC)CC2)CC1. The van der Waals surface area contributed by atoms with E-state index in [1.165, 1.54) is 5.57 Å². The lowest BCUT2D eigenvalue weighted by molar-refractivity contribution is 0.128. The highest BCUT2D eigenvalue weighted by Gasteiger charge is 2.25. The van der Waals surface area contributed by atoms with Gasteiger partial charge in [-0.1, -0.05) is 12.2 Å². The molecule has 166 valence electrons. The van der Waals surface area contributed by atoms with Crippen molar-refractivity contribution in [1.29, 1.82) is 0 Å². The Balaban J connectivity index is 1.43. The van der Waals surface area contributed by atoms with Crippen LogP contribution in [0.25, 0.3) is 0 Å². The maximum absolute atomic E-state index is 12.7. The number of urea groups is 1. The van der Waals surface area contributed by atoms with Gasteiger partial charge >= 0.3 is 6.03 Å². The van der Waals surface area contributed by atoms with Crippen molar-refractivity contribution in [2.24, 2.45) is 0 Å². The lowest BCUT2D eigenvalue weighted by Crippen LogP contribution is -2.54. The molecule has 0 radical (unpaired) electrons. The van der Waals surface area contributed by atoms with Gasteiger partial charge in [-0.05, 0) is 38.0 Å². The van der Waals surface area contributed by atoms with Crippen LogP contribution in [0.5, 0.6) is 11.5 Å². The number of piperidine rings is 1. The number of carbonyl (C=O) groups excluding carboxylic acids is 1. The molecule has 2 amide bonds. The van der Waals surface area contributed by atoms with Crippen LogP contribution in [0.1, 0.15) is 25.3 Å². The van der Waals surface area contributed by atoms with Crippen LogP contribution in [0.2, 0.25) is 0 Å². The van der Waals surface area contributed by atoms with Crippen LogP contribution >= 0.6 is 0 Å². The van der Waals surface area contributed by atoms with Crippen molar-refractivity contribution in [3.05, 3.63) is 35.9 Å². The van der Waals surface area contributed by atoms with Crippen molar-refractivity contribution in [3.8, 4) is 11.5 Å². The summed E-state index contributed by atoms with van der Waals surface area (Å²) in [5.41, 5.74) is 2.30. The molecule has 3 rings (SSSR count). The molecule has 2 heterocycles. The summed E-state index contributed by atoms with van der Waals surface area (Å²) in [6.07, 6.45) is 2.02. The average Bonchev–Trinajstić information content (AvgIpc) is 2.75. The molecular weight excluding hydrogens is 380 g/mol. The van der Waals surface area contributed by atoms with Crippen molar-refractivity contribution < 1.29 is 14.3 Å². The first-order chi connectivity index (χ1) is 14.5. The number of amides is 2. The van der Waals surface area contributed by atoms with Gasteiger partial charge < -0.3 is 19.7 Å². The molecule has 0 aromatic heterocycles. The van der Waals surface area contributed by atoms with Crippen LogP contribution in [0, 0.1) is 0 Å². The summed E-state index contributed by atoms with van der Waals surface area (Å²) in [7, 11) is 3.37. The zero-order chi connectivity index (χ0) is 21.5. The Hall–Kier alpha value is -2.25. The van der Waals surface area contributed by atoms with E-state index in [1.807, 2.05) is 23.1 Å². The molecule has 1 aromatic carbocycles. The highest BCUT2D eigenvalue weighted by molar-refractivity contribution is 5.74. The number of ether oxygens (including phenoxy) is 2. The Morgan fingerprint density at radius 1 is 1.07 bits per heavy atom. The van der Waals surface area contributed by atoms with Gasteiger partial charge in [-0.3, -0.25) is 9.80 Å². The summed E-state index contributed by atoms with van der Waals surface area (Å²) in [4.78, 5) is 19.4. The van der Waals surface area contributed by atoms with E-state index in [0.29, 0.717) is 0 Å². The number of likely N-dealkylation sites (tertiary alicyclic amines) is 1. The molecule has 7 nitrogen and oxygen atoms in total. The molecule has 2 aliphatic rings. The molecular formula is C23H36N4O3. The Morgan fingerprint density at radius 2 is 1.77 bits per heavy atom. The number of nitrogens with zero attached hydrogens (tertiary/aromatic N) is 3. The van der Waals surface area contributed by atoms with E-state index in [4.69, 9.17) is 9.47 Å². The van der Waals surface area contributed by atoms with Crippen molar-refractivity contribution in [2.45, 2.75) is 32.4 Å². The van der Waals surface area contributed by atoms with Crippen molar-refractivity contribution in [2.75, 3.05) is 60.0 Å². The third-order valence-electron chi connectivity index (χ3n) is 5.95. The fourth-order valence-corrected chi connectivity index (χ4v) is 4.24. The number of carbonyl (C=O) groups is 1. The number of hydrogen-bond donors (Lipinski definition) is 1. The maximum atomic E-state index is 12.7. The second-order valence-corrected chi connectivity index (χ2v) is 8.40. The van der Waals surface area contributed by atoms with E-state index in [9.17, 15) is 4.79 Å². The zero-order valence-corrected chi connectivity index (χ0v) is 18.7. The number of hydrogen-bond acceptors (Lipinski definition) is 5. The second kappa shape index (κ2) is 10.7. The quantitative estimate of drug-likeness (QED) is 0.693. The summed E-state index contributed by atoms with van der Waals surface area (Å²) in [6.45, 7) is 13.0. The van der Waals surface area contributed by atoms with E-state index in [-0.39, 0.29) is 12.1 Å². The lowest BCUT2D eigenvalue weighted by atomic mass is 10.0. The number of methoxy groups -OCH3 is 2. The minimum Gasteiger partial charge on any atom is -0.497 e. The Morgan fingerprint density at radius 3 is 2.37 bits per heavy atom.